The molecule has 1 aliphatic rings. The van der Waals surface area contributed by atoms with Crippen LogP contribution in [-0.2, 0) is 6.54 Å². The van der Waals surface area contributed by atoms with Crippen molar-refractivity contribution >= 4 is 0 Å². The molecule has 20 heavy (non-hydrogen) atoms. The van der Waals surface area contributed by atoms with E-state index >= 15 is 0 Å². The number of nitrogens with zero attached hydrogens (tertiary/aromatic N) is 1. The third-order valence-electron chi connectivity index (χ3n) is 4.25. The largest absolute Gasteiger partial charge is 0.497 e. The standard InChI is InChI=1S/C16H26N2O2/c1-12-5-4-6-16(9-12,11-19)17-10-14-8-15(20-3)7-13(2)18-14/h7-8,12,17,19H,4-6,9-11H2,1-3H3. The number of methoxy groups -OCH3 is 1. The molecule has 1 aromatic rings. The van der Waals surface area contributed by atoms with Crippen molar-refractivity contribution in [3.8, 4) is 5.75 Å². The van der Waals surface area contributed by atoms with E-state index in [0.717, 1.165) is 30.0 Å². The van der Waals surface area contributed by atoms with Gasteiger partial charge in [0.1, 0.15) is 5.75 Å². The van der Waals surface area contributed by atoms with Crippen molar-refractivity contribution in [1.29, 1.82) is 0 Å². The number of aromatic nitrogens is 1. The maximum atomic E-state index is 9.79. The highest BCUT2D eigenvalue weighted by atomic mass is 16.5. The molecule has 0 aliphatic heterocycles. The summed E-state index contributed by atoms with van der Waals surface area (Å²) in [5.74, 6) is 1.51. The van der Waals surface area contributed by atoms with Crippen LogP contribution >= 0.6 is 0 Å². The lowest BCUT2D eigenvalue weighted by Crippen LogP contribution is -2.51. The Bertz CT molecular complexity index is 450. The van der Waals surface area contributed by atoms with Gasteiger partial charge in [0.05, 0.1) is 19.4 Å². The predicted octanol–water partition coefficient (Wildman–Crippen LogP) is 2.43. The number of hydrogen-bond acceptors (Lipinski definition) is 4. The van der Waals surface area contributed by atoms with Crippen LogP contribution in [0.25, 0.3) is 0 Å². The van der Waals surface area contributed by atoms with Crippen LogP contribution in [0.3, 0.4) is 0 Å². The van der Waals surface area contributed by atoms with E-state index in [9.17, 15) is 5.11 Å². The molecule has 112 valence electrons. The van der Waals surface area contributed by atoms with Crippen LogP contribution in [0.5, 0.6) is 5.75 Å². The van der Waals surface area contributed by atoms with Gasteiger partial charge in [-0.25, -0.2) is 0 Å². The average Bonchev–Trinajstić information content (AvgIpc) is 2.44. The lowest BCUT2D eigenvalue weighted by atomic mass is 9.77. The quantitative estimate of drug-likeness (QED) is 0.868. The van der Waals surface area contributed by atoms with E-state index in [-0.39, 0.29) is 12.1 Å². The van der Waals surface area contributed by atoms with E-state index in [1.54, 1.807) is 7.11 Å². The van der Waals surface area contributed by atoms with Gasteiger partial charge in [-0.15, -0.1) is 0 Å². The first-order valence-corrected chi connectivity index (χ1v) is 7.44. The first-order chi connectivity index (χ1) is 9.57. The van der Waals surface area contributed by atoms with E-state index in [0.29, 0.717) is 12.5 Å². The second-order valence-corrected chi connectivity index (χ2v) is 6.13. The number of aliphatic hydroxyl groups excluding tert-OH is 1. The van der Waals surface area contributed by atoms with Crippen molar-refractivity contribution in [2.24, 2.45) is 5.92 Å². The van der Waals surface area contributed by atoms with Crippen LogP contribution in [0, 0.1) is 12.8 Å². The Morgan fingerprint density at radius 2 is 2.30 bits per heavy atom. The molecule has 1 aromatic heterocycles. The SMILES string of the molecule is COc1cc(C)nc(CNC2(CO)CCCC(C)C2)c1. The van der Waals surface area contributed by atoms with Crippen molar-refractivity contribution in [2.45, 2.75) is 51.6 Å². The van der Waals surface area contributed by atoms with E-state index in [2.05, 4.69) is 17.2 Å². The predicted molar refractivity (Wildman–Crippen MR) is 79.8 cm³/mol. The smallest absolute Gasteiger partial charge is 0.122 e. The summed E-state index contributed by atoms with van der Waals surface area (Å²) in [6, 6.07) is 3.88. The zero-order valence-corrected chi connectivity index (χ0v) is 12.8. The monoisotopic (exact) mass is 278 g/mol. The number of rotatable bonds is 5. The molecule has 0 spiro atoms. The van der Waals surface area contributed by atoms with Gasteiger partial charge in [0, 0.05) is 29.9 Å². The number of hydrogen-bond donors (Lipinski definition) is 2. The zero-order chi connectivity index (χ0) is 14.6. The second-order valence-electron chi connectivity index (χ2n) is 6.13. The van der Waals surface area contributed by atoms with E-state index in [1.807, 2.05) is 19.1 Å². The van der Waals surface area contributed by atoms with Gasteiger partial charge in [0.15, 0.2) is 0 Å². The van der Waals surface area contributed by atoms with Gasteiger partial charge in [0.2, 0.25) is 0 Å². The maximum Gasteiger partial charge on any atom is 0.122 e. The van der Waals surface area contributed by atoms with Gasteiger partial charge in [-0.05, 0) is 25.7 Å². The normalized spacial score (nSPS) is 26.5. The second kappa shape index (κ2) is 6.55. The Kier molecular flexibility index (Phi) is 5.00. The minimum absolute atomic E-state index is 0.143. The maximum absolute atomic E-state index is 9.79. The van der Waals surface area contributed by atoms with Crippen molar-refractivity contribution in [3.63, 3.8) is 0 Å². The molecule has 2 atom stereocenters. The van der Waals surface area contributed by atoms with E-state index in [1.165, 1.54) is 12.8 Å². The molecule has 2 N–H and O–H groups in total. The van der Waals surface area contributed by atoms with Crippen LogP contribution in [0.2, 0.25) is 0 Å². The molecule has 0 bridgehead atoms. The minimum atomic E-state index is -0.143. The van der Waals surface area contributed by atoms with Crippen LogP contribution in [0.15, 0.2) is 12.1 Å². The van der Waals surface area contributed by atoms with Gasteiger partial charge < -0.3 is 15.2 Å². The first kappa shape index (κ1) is 15.3. The highest BCUT2D eigenvalue weighted by Crippen LogP contribution is 2.32. The van der Waals surface area contributed by atoms with E-state index in [4.69, 9.17) is 4.74 Å². The molecule has 0 amide bonds. The summed E-state index contributed by atoms with van der Waals surface area (Å²) in [5, 5.41) is 13.3. The molecule has 1 heterocycles. The summed E-state index contributed by atoms with van der Waals surface area (Å²) in [7, 11) is 1.67. The molecule has 1 aliphatic carbocycles. The lowest BCUT2D eigenvalue weighted by Gasteiger charge is -2.39. The Morgan fingerprint density at radius 3 is 2.95 bits per heavy atom. The first-order valence-electron chi connectivity index (χ1n) is 7.44. The molecule has 2 unspecified atom stereocenters. The van der Waals surface area contributed by atoms with Gasteiger partial charge in [0.25, 0.3) is 0 Å². The number of aryl methyl sites for hydroxylation is 1. The molecular weight excluding hydrogens is 252 g/mol. The molecule has 1 fully saturated rings. The summed E-state index contributed by atoms with van der Waals surface area (Å²) in [6.45, 7) is 5.10. The van der Waals surface area contributed by atoms with Crippen LogP contribution in [0.4, 0.5) is 0 Å². The average molecular weight is 278 g/mol. The third kappa shape index (κ3) is 3.70. The van der Waals surface area contributed by atoms with Crippen molar-refractivity contribution in [3.05, 3.63) is 23.5 Å². The summed E-state index contributed by atoms with van der Waals surface area (Å²) in [6.07, 6.45) is 4.52. The Balaban J connectivity index is 2.04. The lowest BCUT2D eigenvalue weighted by molar-refractivity contribution is 0.0979. The summed E-state index contributed by atoms with van der Waals surface area (Å²) in [5.41, 5.74) is 1.78. The fraction of sp³-hybridized carbons (Fsp3) is 0.688. The zero-order valence-electron chi connectivity index (χ0n) is 12.8. The highest BCUT2D eigenvalue weighted by Gasteiger charge is 2.33. The highest BCUT2D eigenvalue weighted by molar-refractivity contribution is 5.26. The molecule has 2 rings (SSSR count). The van der Waals surface area contributed by atoms with Crippen LogP contribution in [0.1, 0.15) is 44.0 Å². The van der Waals surface area contributed by atoms with Crippen LogP contribution in [-0.4, -0.2) is 29.3 Å². The minimum Gasteiger partial charge on any atom is -0.497 e. The van der Waals surface area contributed by atoms with Crippen molar-refractivity contribution in [1.82, 2.24) is 10.3 Å². The molecule has 4 nitrogen and oxygen atoms in total. The Labute approximate surface area is 121 Å². The fourth-order valence-electron chi connectivity index (χ4n) is 3.21. The summed E-state index contributed by atoms with van der Waals surface area (Å²) >= 11 is 0. The number of ether oxygens (including phenoxy) is 1. The van der Waals surface area contributed by atoms with E-state index < -0.39 is 0 Å². The van der Waals surface area contributed by atoms with Crippen molar-refractivity contribution in [2.75, 3.05) is 13.7 Å². The molecule has 0 radical (unpaired) electrons. The fourth-order valence-corrected chi connectivity index (χ4v) is 3.21. The molecule has 0 aromatic carbocycles. The van der Waals surface area contributed by atoms with Crippen molar-refractivity contribution < 1.29 is 9.84 Å². The Hall–Kier alpha value is -1.13. The topological polar surface area (TPSA) is 54.4 Å². The molecular formula is C16H26N2O2. The molecule has 1 saturated carbocycles. The number of nitrogens with one attached hydrogen (secondary N) is 1. The van der Waals surface area contributed by atoms with Gasteiger partial charge in [-0.1, -0.05) is 19.8 Å². The summed E-state index contributed by atoms with van der Waals surface area (Å²) < 4.78 is 5.28. The van der Waals surface area contributed by atoms with Gasteiger partial charge >= 0.3 is 0 Å². The van der Waals surface area contributed by atoms with Gasteiger partial charge in [-0.2, -0.15) is 0 Å². The number of aliphatic hydroxyl groups is 1. The van der Waals surface area contributed by atoms with Crippen LogP contribution < -0.4 is 10.1 Å². The Morgan fingerprint density at radius 1 is 1.50 bits per heavy atom. The number of pyridine rings is 1. The molecule has 0 saturated heterocycles. The summed E-state index contributed by atoms with van der Waals surface area (Å²) in [4.78, 5) is 4.53. The van der Waals surface area contributed by atoms with Gasteiger partial charge in [-0.3, -0.25) is 4.98 Å². The molecule has 4 heteroatoms. The third-order valence-corrected chi connectivity index (χ3v) is 4.25.